The molecular formula is C18H26N4O. The van der Waals surface area contributed by atoms with E-state index in [9.17, 15) is 0 Å². The summed E-state index contributed by atoms with van der Waals surface area (Å²) in [6.07, 6.45) is 3.97. The van der Waals surface area contributed by atoms with E-state index in [0.717, 1.165) is 38.6 Å². The lowest BCUT2D eigenvalue weighted by molar-refractivity contribution is -0.0452. The summed E-state index contributed by atoms with van der Waals surface area (Å²) in [4.78, 5) is 9.36. The van der Waals surface area contributed by atoms with Crippen LogP contribution in [0.25, 0.3) is 0 Å². The van der Waals surface area contributed by atoms with Gasteiger partial charge in [0.15, 0.2) is 5.96 Å². The molecule has 3 aliphatic rings. The number of hydrogen-bond donors (Lipinski definition) is 1. The molecule has 3 heterocycles. The third-order valence-electron chi connectivity index (χ3n) is 5.30. The molecule has 4 rings (SSSR count). The molecule has 124 valence electrons. The van der Waals surface area contributed by atoms with Crippen molar-refractivity contribution in [2.45, 2.75) is 31.4 Å². The van der Waals surface area contributed by atoms with E-state index >= 15 is 0 Å². The molecule has 2 unspecified atom stereocenters. The maximum Gasteiger partial charge on any atom is 0.198 e. The SMILES string of the molecule is CN=C(NCC1CN2CCCC2CO1)N1CCc2ccccc21. The molecule has 0 aliphatic carbocycles. The van der Waals surface area contributed by atoms with Gasteiger partial charge in [0.25, 0.3) is 0 Å². The van der Waals surface area contributed by atoms with E-state index in [1.54, 1.807) is 0 Å². The van der Waals surface area contributed by atoms with Gasteiger partial charge in [0.05, 0.1) is 12.7 Å². The Bertz CT molecular complexity index is 588. The first kappa shape index (κ1) is 15.0. The van der Waals surface area contributed by atoms with Gasteiger partial charge in [0.2, 0.25) is 0 Å². The van der Waals surface area contributed by atoms with E-state index in [1.165, 1.54) is 30.6 Å². The summed E-state index contributed by atoms with van der Waals surface area (Å²) in [6.45, 7) is 4.99. The van der Waals surface area contributed by atoms with Gasteiger partial charge in [-0.3, -0.25) is 9.89 Å². The van der Waals surface area contributed by atoms with Gasteiger partial charge in [-0.25, -0.2) is 0 Å². The van der Waals surface area contributed by atoms with Crippen LogP contribution in [-0.2, 0) is 11.2 Å². The molecule has 23 heavy (non-hydrogen) atoms. The minimum atomic E-state index is 0.263. The fourth-order valence-corrected chi connectivity index (χ4v) is 4.07. The Morgan fingerprint density at radius 2 is 2.26 bits per heavy atom. The zero-order chi connectivity index (χ0) is 15.6. The molecular weight excluding hydrogens is 288 g/mol. The van der Waals surface area contributed by atoms with E-state index in [0.29, 0.717) is 6.04 Å². The summed E-state index contributed by atoms with van der Waals surface area (Å²) in [5, 5.41) is 3.53. The largest absolute Gasteiger partial charge is 0.373 e. The summed E-state index contributed by atoms with van der Waals surface area (Å²) >= 11 is 0. The molecule has 0 aromatic heterocycles. The quantitative estimate of drug-likeness (QED) is 0.663. The molecule has 2 atom stereocenters. The molecule has 0 radical (unpaired) electrons. The molecule has 1 N–H and O–H groups in total. The van der Waals surface area contributed by atoms with E-state index in [1.807, 2.05) is 7.05 Å². The Hall–Kier alpha value is -1.59. The molecule has 2 fully saturated rings. The van der Waals surface area contributed by atoms with Crippen LogP contribution in [0.2, 0.25) is 0 Å². The van der Waals surface area contributed by atoms with Gasteiger partial charge in [0, 0.05) is 38.4 Å². The zero-order valence-electron chi connectivity index (χ0n) is 13.9. The number of morpholine rings is 1. The van der Waals surface area contributed by atoms with Crippen molar-refractivity contribution in [1.82, 2.24) is 10.2 Å². The van der Waals surface area contributed by atoms with Crippen LogP contribution in [0, 0.1) is 0 Å². The number of guanidine groups is 1. The van der Waals surface area contributed by atoms with Gasteiger partial charge >= 0.3 is 0 Å². The van der Waals surface area contributed by atoms with Crippen LogP contribution >= 0.6 is 0 Å². The standard InChI is InChI=1S/C18H26N4O/c1-19-18(22-10-8-14-5-2-3-7-17(14)22)20-11-16-12-21-9-4-6-15(21)13-23-16/h2-3,5,7,15-16H,4,6,8-13H2,1H3,(H,19,20). The first-order valence-corrected chi connectivity index (χ1v) is 8.77. The predicted molar refractivity (Wildman–Crippen MR) is 93.2 cm³/mol. The Morgan fingerprint density at radius 3 is 3.17 bits per heavy atom. The number of rotatable bonds is 2. The van der Waals surface area contributed by atoms with E-state index in [4.69, 9.17) is 4.74 Å². The van der Waals surface area contributed by atoms with Gasteiger partial charge in [0.1, 0.15) is 0 Å². The van der Waals surface area contributed by atoms with E-state index in [2.05, 4.69) is 44.4 Å². The van der Waals surface area contributed by atoms with Crippen LogP contribution in [0.5, 0.6) is 0 Å². The van der Waals surface area contributed by atoms with Crippen LogP contribution in [0.4, 0.5) is 5.69 Å². The van der Waals surface area contributed by atoms with Crippen LogP contribution < -0.4 is 10.2 Å². The Kier molecular flexibility index (Phi) is 4.23. The number of aliphatic imine (C=N–C) groups is 1. The normalized spacial score (nSPS) is 27.9. The number of anilines is 1. The maximum absolute atomic E-state index is 6.04. The molecule has 3 aliphatic heterocycles. The number of nitrogens with one attached hydrogen (secondary N) is 1. The fourth-order valence-electron chi connectivity index (χ4n) is 4.07. The van der Waals surface area contributed by atoms with Crippen molar-refractivity contribution in [1.29, 1.82) is 0 Å². The molecule has 5 nitrogen and oxygen atoms in total. The van der Waals surface area contributed by atoms with Crippen molar-refractivity contribution in [2.24, 2.45) is 4.99 Å². The maximum atomic E-state index is 6.04. The number of ether oxygens (including phenoxy) is 1. The highest BCUT2D eigenvalue weighted by Gasteiger charge is 2.32. The molecule has 2 saturated heterocycles. The predicted octanol–water partition coefficient (Wildman–Crippen LogP) is 1.49. The molecule has 0 bridgehead atoms. The monoisotopic (exact) mass is 314 g/mol. The minimum absolute atomic E-state index is 0.263. The van der Waals surface area contributed by atoms with Gasteiger partial charge in [-0.2, -0.15) is 0 Å². The smallest absolute Gasteiger partial charge is 0.198 e. The topological polar surface area (TPSA) is 40.1 Å². The summed E-state index contributed by atoms with van der Waals surface area (Å²) in [5.74, 6) is 0.960. The average Bonchev–Trinajstić information content (AvgIpc) is 3.22. The lowest BCUT2D eigenvalue weighted by Crippen LogP contribution is -2.51. The molecule has 0 amide bonds. The summed E-state index contributed by atoms with van der Waals surface area (Å²) in [5.41, 5.74) is 2.69. The third kappa shape index (κ3) is 2.95. The zero-order valence-corrected chi connectivity index (χ0v) is 13.9. The van der Waals surface area contributed by atoms with Crippen LogP contribution in [-0.4, -0.2) is 62.8 Å². The van der Waals surface area contributed by atoms with Crippen molar-refractivity contribution >= 4 is 11.6 Å². The second kappa shape index (κ2) is 6.49. The van der Waals surface area contributed by atoms with Gasteiger partial charge in [-0.1, -0.05) is 18.2 Å². The van der Waals surface area contributed by atoms with Crippen LogP contribution in [0.15, 0.2) is 29.3 Å². The Balaban J connectivity index is 1.36. The molecule has 1 aromatic carbocycles. The van der Waals surface area contributed by atoms with Gasteiger partial charge in [-0.05, 0) is 37.4 Å². The first-order valence-electron chi connectivity index (χ1n) is 8.77. The van der Waals surface area contributed by atoms with Crippen molar-refractivity contribution in [3.63, 3.8) is 0 Å². The first-order chi connectivity index (χ1) is 11.3. The number of benzene rings is 1. The minimum Gasteiger partial charge on any atom is -0.373 e. The highest BCUT2D eigenvalue weighted by Crippen LogP contribution is 2.27. The summed E-state index contributed by atoms with van der Waals surface area (Å²) in [7, 11) is 1.86. The van der Waals surface area contributed by atoms with Crippen LogP contribution in [0.3, 0.4) is 0 Å². The molecule has 5 heteroatoms. The number of hydrogen-bond acceptors (Lipinski definition) is 3. The summed E-state index contributed by atoms with van der Waals surface area (Å²) < 4.78 is 6.04. The Morgan fingerprint density at radius 1 is 1.35 bits per heavy atom. The highest BCUT2D eigenvalue weighted by molar-refractivity contribution is 5.97. The van der Waals surface area contributed by atoms with Crippen molar-refractivity contribution in [3.05, 3.63) is 29.8 Å². The van der Waals surface area contributed by atoms with Gasteiger partial charge < -0.3 is 15.0 Å². The average molecular weight is 314 g/mol. The summed E-state index contributed by atoms with van der Waals surface area (Å²) in [6, 6.07) is 9.26. The number of fused-ring (bicyclic) bond motifs is 2. The molecule has 0 spiro atoms. The van der Waals surface area contributed by atoms with Crippen molar-refractivity contribution < 1.29 is 4.74 Å². The fraction of sp³-hybridized carbons (Fsp3) is 0.611. The van der Waals surface area contributed by atoms with Crippen LogP contribution in [0.1, 0.15) is 18.4 Å². The second-order valence-corrected chi connectivity index (χ2v) is 6.70. The molecule has 1 aromatic rings. The number of nitrogens with zero attached hydrogens (tertiary/aromatic N) is 3. The van der Waals surface area contributed by atoms with Crippen molar-refractivity contribution in [2.75, 3.05) is 44.7 Å². The van der Waals surface area contributed by atoms with E-state index in [-0.39, 0.29) is 6.10 Å². The third-order valence-corrected chi connectivity index (χ3v) is 5.30. The lowest BCUT2D eigenvalue weighted by atomic mass is 10.2. The molecule has 0 saturated carbocycles. The lowest BCUT2D eigenvalue weighted by Gasteiger charge is -2.35. The van der Waals surface area contributed by atoms with Crippen molar-refractivity contribution in [3.8, 4) is 0 Å². The number of para-hydroxylation sites is 1. The Labute approximate surface area is 138 Å². The highest BCUT2D eigenvalue weighted by atomic mass is 16.5. The van der Waals surface area contributed by atoms with E-state index < -0.39 is 0 Å². The van der Waals surface area contributed by atoms with Gasteiger partial charge in [-0.15, -0.1) is 0 Å². The second-order valence-electron chi connectivity index (χ2n) is 6.70.